The Labute approximate surface area is 116 Å². The predicted molar refractivity (Wildman–Crippen MR) is 77.5 cm³/mol. The largest absolute Gasteiger partial charge is 0.382 e. The average Bonchev–Trinajstić information content (AvgIpc) is 2.86. The zero-order chi connectivity index (χ0) is 14.1. The highest BCUT2D eigenvalue weighted by Crippen LogP contribution is 2.09. The van der Waals surface area contributed by atoms with E-state index < -0.39 is 0 Å². The molecule has 0 aliphatic carbocycles. The van der Waals surface area contributed by atoms with Gasteiger partial charge < -0.3 is 10.1 Å². The third-order valence-electron chi connectivity index (χ3n) is 3.08. The fraction of sp³-hybridized carbons (Fsp3) is 0.857. The molecular weight excluding hydrogens is 240 g/mol. The molecule has 1 aromatic rings. The van der Waals surface area contributed by atoms with Gasteiger partial charge in [-0.05, 0) is 26.8 Å². The Bertz CT molecular complexity index is 351. The zero-order valence-corrected chi connectivity index (χ0v) is 12.8. The Balaban J connectivity index is 2.36. The van der Waals surface area contributed by atoms with Crippen molar-refractivity contribution in [2.45, 2.75) is 53.0 Å². The molecule has 0 spiro atoms. The van der Waals surface area contributed by atoms with Crippen LogP contribution in [0.15, 0.2) is 0 Å². The molecule has 0 saturated carbocycles. The fourth-order valence-corrected chi connectivity index (χ4v) is 1.99. The first kappa shape index (κ1) is 16.1. The lowest BCUT2D eigenvalue weighted by Gasteiger charge is -2.15. The number of hydrogen-bond acceptors (Lipinski definition) is 4. The van der Waals surface area contributed by atoms with Crippen molar-refractivity contribution in [1.29, 1.82) is 0 Å². The van der Waals surface area contributed by atoms with Gasteiger partial charge in [0.25, 0.3) is 0 Å². The van der Waals surface area contributed by atoms with Crippen LogP contribution < -0.4 is 5.32 Å². The van der Waals surface area contributed by atoms with E-state index in [1.807, 2.05) is 6.92 Å². The second-order valence-corrected chi connectivity index (χ2v) is 4.70. The lowest BCUT2D eigenvalue weighted by Crippen LogP contribution is -2.26. The van der Waals surface area contributed by atoms with Crippen LogP contribution in [0.4, 0.5) is 0 Å². The van der Waals surface area contributed by atoms with Gasteiger partial charge in [-0.1, -0.05) is 13.8 Å². The molecule has 1 unspecified atom stereocenters. The van der Waals surface area contributed by atoms with Crippen LogP contribution >= 0.6 is 0 Å². The van der Waals surface area contributed by atoms with Crippen molar-refractivity contribution in [2.24, 2.45) is 0 Å². The molecule has 19 heavy (non-hydrogen) atoms. The number of hydrogen-bond donors (Lipinski definition) is 1. The predicted octanol–water partition coefficient (Wildman–Crippen LogP) is 1.98. The Morgan fingerprint density at radius 3 is 2.68 bits per heavy atom. The Morgan fingerprint density at radius 1 is 1.26 bits per heavy atom. The maximum atomic E-state index is 5.31. The Morgan fingerprint density at radius 2 is 2.05 bits per heavy atom. The van der Waals surface area contributed by atoms with Gasteiger partial charge in [-0.3, -0.25) is 0 Å². The first-order chi connectivity index (χ1) is 9.22. The maximum absolute atomic E-state index is 5.31. The summed E-state index contributed by atoms with van der Waals surface area (Å²) in [6.45, 7) is 12.0. The van der Waals surface area contributed by atoms with Crippen LogP contribution in [0, 0.1) is 0 Å². The van der Waals surface area contributed by atoms with Crippen molar-refractivity contribution in [3.05, 3.63) is 11.6 Å². The summed E-state index contributed by atoms with van der Waals surface area (Å²) in [4.78, 5) is 4.54. The SMILES string of the molecule is CCOCCCNCC(C)n1nc(CC)nc1CC. The number of aromatic nitrogens is 3. The molecule has 0 aliphatic heterocycles. The van der Waals surface area contributed by atoms with Crippen LogP contribution in [0.2, 0.25) is 0 Å². The fourth-order valence-electron chi connectivity index (χ4n) is 1.99. The van der Waals surface area contributed by atoms with E-state index in [2.05, 4.69) is 40.9 Å². The number of nitrogens with zero attached hydrogens (tertiary/aromatic N) is 3. The summed E-state index contributed by atoms with van der Waals surface area (Å²) in [6.07, 6.45) is 2.88. The van der Waals surface area contributed by atoms with Crippen LogP contribution in [0.5, 0.6) is 0 Å². The van der Waals surface area contributed by atoms with Gasteiger partial charge in [0.15, 0.2) is 5.82 Å². The van der Waals surface area contributed by atoms with E-state index in [0.717, 1.165) is 57.2 Å². The third kappa shape index (κ3) is 5.28. The molecule has 0 saturated heterocycles. The molecule has 1 rings (SSSR count). The van der Waals surface area contributed by atoms with Gasteiger partial charge in [-0.2, -0.15) is 5.10 Å². The number of nitrogens with one attached hydrogen (secondary N) is 1. The highest BCUT2D eigenvalue weighted by Gasteiger charge is 2.12. The number of rotatable bonds is 10. The monoisotopic (exact) mass is 268 g/mol. The average molecular weight is 268 g/mol. The quantitative estimate of drug-likeness (QED) is 0.659. The second kappa shape index (κ2) is 9.04. The van der Waals surface area contributed by atoms with Gasteiger partial charge in [0, 0.05) is 32.6 Å². The van der Waals surface area contributed by atoms with E-state index in [4.69, 9.17) is 4.74 Å². The minimum atomic E-state index is 0.342. The van der Waals surface area contributed by atoms with Crippen molar-refractivity contribution in [3.63, 3.8) is 0 Å². The Hall–Kier alpha value is -0.940. The van der Waals surface area contributed by atoms with E-state index in [0.29, 0.717) is 6.04 Å². The van der Waals surface area contributed by atoms with E-state index in [1.54, 1.807) is 0 Å². The van der Waals surface area contributed by atoms with Gasteiger partial charge in [0.2, 0.25) is 0 Å². The maximum Gasteiger partial charge on any atom is 0.150 e. The molecule has 0 aliphatic rings. The molecule has 0 radical (unpaired) electrons. The number of aryl methyl sites for hydroxylation is 2. The molecule has 0 fully saturated rings. The summed E-state index contributed by atoms with van der Waals surface area (Å²) < 4.78 is 7.38. The summed E-state index contributed by atoms with van der Waals surface area (Å²) in [7, 11) is 0. The molecule has 1 heterocycles. The Kier molecular flexibility index (Phi) is 7.67. The lowest BCUT2D eigenvalue weighted by molar-refractivity contribution is 0.144. The van der Waals surface area contributed by atoms with Crippen molar-refractivity contribution >= 4 is 0 Å². The van der Waals surface area contributed by atoms with Crippen molar-refractivity contribution in [3.8, 4) is 0 Å². The third-order valence-corrected chi connectivity index (χ3v) is 3.08. The molecule has 110 valence electrons. The van der Waals surface area contributed by atoms with E-state index in [1.165, 1.54) is 0 Å². The zero-order valence-electron chi connectivity index (χ0n) is 12.8. The molecule has 0 bridgehead atoms. The first-order valence-corrected chi connectivity index (χ1v) is 7.45. The highest BCUT2D eigenvalue weighted by molar-refractivity contribution is 4.94. The lowest BCUT2D eigenvalue weighted by atomic mass is 10.3. The van der Waals surface area contributed by atoms with Crippen molar-refractivity contribution < 1.29 is 4.74 Å². The minimum absolute atomic E-state index is 0.342. The van der Waals surface area contributed by atoms with Crippen molar-refractivity contribution in [1.82, 2.24) is 20.1 Å². The van der Waals surface area contributed by atoms with Crippen LogP contribution in [-0.2, 0) is 17.6 Å². The smallest absolute Gasteiger partial charge is 0.150 e. The second-order valence-electron chi connectivity index (χ2n) is 4.70. The normalized spacial score (nSPS) is 12.8. The van der Waals surface area contributed by atoms with Crippen LogP contribution in [-0.4, -0.2) is 41.1 Å². The van der Waals surface area contributed by atoms with Crippen LogP contribution in [0.1, 0.15) is 51.8 Å². The van der Waals surface area contributed by atoms with E-state index >= 15 is 0 Å². The standard InChI is InChI=1S/C14H28N4O/c1-5-13-16-14(6-2)18(17-13)12(4)11-15-9-8-10-19-7-3/h12,15H,5-11H2,1-4H3. The molecule has 1 N–H and O–H groups in total. The van der Waals surface area contributed by atoms with Crippen LogP contribution in [0.3, 0.4) is 0 Å². The summed E-state index contributed by atoms with van der Waals surface area (Å²) in [5.41, 5.74) is 0. The summed E-state index contributed by atoms with van der Waals surface area (Å²) in [5.74, 6) is 2.03. The van der Waals surface area contributed by atoms with Gasteiger partial charge in [0.05, 0.1) is 6.04 Å². The van der Waals surface area contributed by atoms with Gasteiger partial charge in [-0.15, -0.1) is 0 Å². The van der Waals surface area contributed by atoms with Crippen LogP contribution in [0.25, 0.3) is 0 Å². The van der Waals surface area contributed by atoms with Gasteiger partial charge in [0.1, 0.15) is 5.82 Å². The minimum Gasteiger partial charge on any atom is -0.382 e. The summed E-state index contributed by atoms with van der Waals surface area (Å²) >= 11 is 0. The van der Waals surface area contributed by atoms with Gasteiger partial charge in [-0.25, -0.2) is 9.67 Å². The molecule has 5 nitrogen and oxygen atoms in total. The molecule has 0 aromatic carbocycles. The summed E-state index contributed by atoms with van der Waals surface area (Å²) in [5, 5.41) is 8.02. The topological polar surface area (TPSA) is 52.0 Å². The first-order valence-electron chi connectivity index (χ1n) is 7.45. The van der Waals surface area contributed by atoms with Gasteiger partial charge >= 0.3 is 0 Å². The molecule has 1 aromatic heterocycles. The molecule has 0 amide bonds. The van der Waals surface area contributed by atoms with Crippen molar-refractivity contribution in [2.75, 3.05) is 26.3 Å². The van der Waals surface area contributed by atoms with E-state index in [-0.39, 0.29) is 0 Å². The molecule has 1 atom stereocenters. The number of ether oxygens (including phenoxy) is 1. The molecule has 5 heteroatoms. The molecular formula is C14H28N4O. The highest BCUT2D eigenvalue weighted by atomic mass is 16.5. The van der Waals surface area contributed by atoms with E-state index in [9.17, 15) is 0 Å². The summed E-state index contributed by atoms with van der Waals surface area (Å²) in [6, 6.07) is 0.342.